The van der Waals surface area contributed by atoms with Crippen LogP contribution in [0.5, 0.6) is 0 Å². The Morgan fingerprint density at radius 2 is 1.79 bits per heavy atom. The van der Waals surface area contributed by atoms with E-state index < -0.39 is 0 Å². The van der Waals surface area contributed by atoms with Gasteiger partial charge in [-0.1, -0.05) is 54.6 Å². The van der Waals surface area contributed by atoms with E-state index in [9.17, 15) is 4.79 Å². The molecule has 0 bridgehead atoms. The SMILES string of the molecule is O=C(CN1CCc2ccccc2C1)NCCSCc1ccccc1. The summed E-state index contributed by atoms with van der Waals surface area (Å²) < 4.78 is 0. The molecule has 1 aliphatic heterocycles. The van der Waals surface area contributed by atoms with Gasteiger partial charge in [0.15, 0.2) is 0 Å². The summed E-state index contributed by atoms with van der Waals surface area (Å²) >= 11 is 1.86. The van der Waals surface area contributed by atoms with E-state index >= 15 is 0 Å². The maximum atomic E-state index is 12.1. The zero-order chi connectivity index (χ0) is 16.6. The first-order chi connectivity index (χ1) is 11.8. The van der Waals surface area contributed by atoms with Crippen molar-refractivity contribution in [1.29, 1.82) is 0 Å². The van der Waals surface area contributed by atoms with Gasteiger partial charge < -0.3 is 5.32 Å². The van der Waals surface area contributed by atoms with Gasteiger partial charge >= 0.3 is 0 Å². The Morgan fingerprint density at radius 3 is 2.62 bits per heavy atom. The van der Waals surface area contributed by atoms with Crippen LogP contribution < -0.4 is 5.32 Å². The number of rotatable bonds is 7. The Hall–Kier alpha value is -1.78. The van der Waals surface area contributed by atoms with E-state index in [1.54, 1.807) is 0 Å². The summed E-state index contributed by atoms with van der Waals surface area (Å²) in [7, 11) is 0. The lowest BCUT2D eigenvalue weighted by molar-refractivity contribution is -0.122. The number of carbonyl (C=O) groups excluding carboxylic acids is 1. The van der Waals surface area contributed by atoms with Crippen LogP contribution in [0.4, 0.5) is 0 Å². The van der Waals surface area contributed by atoms with Crippen LogP contribution in [-0.2, 0) is 23.5 Å². The van der Waals surface area contributed by atoms with Crippen molar-refractivity contribution in [1.82, 2.24) is 10.2 Å². The molecular weight excluding hydrogens is 316 g/mol. The molecule has 0 aromatic heterocycles. The highest BCUT2D eigenvalue weighted by molar-refractivity contribution is 7.98. The zero-order valence-electron chi connectivity index (χ0n) is 13.9. The molecule has 0 saturated heterocycles. The second-order valence-corrected chi connectivity index (χ2v) is 7.22. The van der Waals surface area contributed by atoms with Gasteiger partial charge in [0, 0.05) is 31.1 Å². The molecule has 0 atom stereocenters. The summed E-state index contributed by atoms with van der Waals surface area (Å²) in [6.45, 7) is 3.08. The van der Waals surface area contributed by atoms with Crippen LogP contribution >= 0.6 is 11.8 Å². The molecule has 1 aliphatic rings. The number of nitrogens with zero attached hydrogens (tertiary/aromatic N) is 1. The Balaban J connectivity index is 1.32. The molecule has 0 fully saturated rings. The largest absolute Gasteiger partial charge is 0.354 e. The molecule has 0 spiro atoms. The minimum atomic E-state index is 0.134. The molecule has 1 N–H and O–H groups in total. The summed E-state index contributed by atoms with van der Waals surface area (Å²) in [6, 6.07) is 19.0. The average Bonchev–Trinajstić information content (AvgIpc) is 2.62. The number of carbonyl (C=O) groups is 1. The van der Waals surface area contributed by atoms with E-state index in [4.69, 9.17) is 0 Å². The number of nitrogens with one attached hydrogen (secondary N) is 1. The van der Waals surface area contributed by atoms with Crippen LogP contribution in [0.1, 0.15) is 16.7 Å². The number of amides is 1. The predicted octanol–water partition coefficient (Wildman–Crippen LogP) is 3.09. The summed E-state index contributed by atoms with van der Waals surface area (Å²) in [6.07, 6.45) is 1.04. The number of hydrogen-bond donors (Lipinski definition) is 1. The van der Waals surface area contributed by atoms with Crippen molar-refractivity contribution in [3.63, 3.8) is 0 Å². The Labute approximate surface area is 148 Å². The highest BCUT2D eigenvalue weighted by atomic mass is 32.2. The number of benzene rings is 2. The summed E-state index contributed by atoms with van der Waals surface area (Å²) in [5, 5.41) is 3.04. The van der Waals surface area contributed by atoms with Crippen molar-refractivity contribution >= 4 is 17.7 Å². The maximum Gasteiger partial charge on any atom is 0.234 e. The van der Waals surface area contributed by atoms with E-state index in [1.165, 1.54) is 16.7 Å². The molecule has 0 aliphatic carbocycles. The van der Waals surface area contributed by atoms with Gasteiger partial charge in [-0.15, -0.1) is 0 Å². The smallest absolute Gasteiger partial charge is 0.234 e. The van der Waals surface area contributed by atoms with E-state index in [1.807, 2.05) is 17.8 Å². The summed E-state index contributed by atoms with van der Waals surface area (Å²) in [4.78, 5) is 14.3. The third-order valence-electron chi connectivity index (χ3n) is 4.26. The quantitative estimate of drug-likeness (QED) is 0.786. The highest BCUT2D eigenvalue weighted by Crippen LogP contribution is 2.17. The highest BCUT2D eigenvalue weighted by Gasteiger charge is 2.17. The molecular formula is C20H24N2OS. The van der Waals surface area contributed by atoms with Gasteiger partial charge in [-0.3, -0.25) is 9.69 Å². The molecule has 2 aromatic rings. The lowest BCUT2D eigenvalue weighted by atomic mass is 10.00. The molecule has 3 rings (SSSR count). The van der Waals surface area contributed by atoms with Crippen molar-refractivity contribution in [2.75, 3.05) is 25.4 Å². The molecule has 0 radical (unpaired) electrons. The molecule has 0 unspecified atom stereocenters. The fourth-order valence-corrected chi connectivity index (χ4v) is 3.79. The summed E-state index contributed by atoms with van der Waals surface area (Å²) in [5.41, 5.74) is 4.11. The average molecular weight is 340 g/mol. The van der Waals surface area contributed by atoms with Crippen molar-refractivity contribution in [3.05, 3.63) is 71.3 Å². The molecule has 3 nitrogen and oxygen atoms in total. The van der Waals surface area contributed by atoms with Crippen molar-refractivity contribution < 1.29 is 4.79 Å². The molecule has 24 heavy (non-hydrogen) atoms. The van der Waals surface area contributed by atoms with Gasteiger partial charge in [0.25, 0.3) is 0 Å². The van der Waals surface area contributed by atoms with E-state index in [0.717, 1.165) is 37.6 Å². The molecule has 1 amide bonds. The molecule has 0 saturated carbocycles. The van der Waals surface area contributed by atoms with Crippen LogP contribution in [0.15, 0.2) is 54.6 Å². The summed E-state index contributed by atoms with van der Waals surface area (Å²) in [5.74, 6) is 2.08. The maximum absolute atomic E-state index is 12.1. The van der Waals surface area contributed by atoms with E-state index in [0.29, 0.717) is 6.54 Å². The number of fused-ring (bicyclic) bond motifs is 1. The van der Waals surface area contributed by atoms with Crippen LogP contribution in [-0.4, -0.2) is 36.2 Å². The Bertz CT molecular complexity index is 660. The first kappa shape index (κ1) is 17.1. The standard InChI is InChI=1S/C20H24N2OS/c23-20(21-11-13-24-16-17-6-2-1-3-7-17)15-22-12-10-18-8-4-5-9-19(18)14-22/h1-9H,10-16H2,(H,21,23). The number of hydrogen-bond acceptors (Lipinski definition) is 3. The van der Waals surface area contributed by atoms with Crippen LogP contribution in [0, 0.1) is 0 Å². The lowest BCUT2D eigenvalue weighted by Crippen LogP contribution is -2.40. The Morgan fingerprint density at radius 1 is 1.04 bits per heavy atom. The lowest BCUT2D eigenvalue weighted by Gasteiger charge is -2.28. The third-order valence-corrected chi connectivity index (χ3v) is 5.29. The second-order valence-electron chi connectivity index (χ2n) is 6.12. The fraction of sp³-hybridized carbons (Fsp3) is 0.350. The van der Waals surface area contributed by atoms with Gasteiger partial charge in [0.05, 0.1) is 6.54 Å². The van der Waals surface area contributed by atoms with Crippen LogP contribution in [0.25, 0.3) is 0 Å². The third kappa shape index (κ3) is 5.11. The van der Waals surface area contributed by atoms with Crippen molar-refractivity contribution in [2.45, 2.75) is 18.7 Å². The minimum Gasteiger partial charge on any atom is -0.354 e. The van der Waals surface area contributed by atoms with Crippen molar-refractivity contribution in [3.8, 4) is 0 Å². The first-order valence-electron chi connectivity index (χ1n) is 8.49. The van der Waals surface area contributed by atoms with E-state index in [2.05, 4.69) is 58.7 Å². The van der Waals surface area contributed by atoms with Gasteiger partial charge in [-0.2, -0.15) is 11.8 Å². The molecule has 1 heterocycles. The van der Waals surface area contributed by atoms with Crippen LogP contribution in [0.2, 0.25) is 0 Å². The van der Waals surface area contributed by atoms with Crippen LogP contribution in [0.3, 0.4) is 0 Å². The number of thioether (sulfide) groups is 1. The van der Waals surface area contributed by atoms with Gasteiger partial charge in [-0.25, -0.2) is 0 Å². The molecule has 4 heteroatoms. The second kappa shape index (κ2) is 8.90. The van der Waals surface area contributed by atoms with Gasteiger partial charge in [-0.05, 0) is 23.1 Å². The first-order valence-corrected chi connectivity index (χ1v) is 9.64. The van der Waals surface area contributed by atoms with Gasteiger partial charge in [0.1, 0.15) is 0 Å². The van der Waals surface area contributed by atoms with Crippen molar-refractivity contribution in [2.24, 2.45) is 0 Å². The Kier molecular flexibility index (Phi) is 6.33. The molecule has 126 valence electrons. The normalized spacial score (nSPS) is 14.2. The zero-order valence-corrected chi connectivity index (χ0v) is 14.7. The van der Waals surface area contributed by atoms with E-state index in [-0.39, 0.29) is 5.91 Å². The minimum absolute atomic E-state index is 0.134. The topological polar surface area (TPSA) is 32.3 Å². The monoisotopic (exact) mass is 340 g/mol. The predicted molar refractivity (Wildman–Crippen MR) is 101 cm³/mol. The van der Waals surface area contributed by atoms with Gasteiger partial charge in [0.2, 0.25) is 5.91 Å². The molecule has 2 aromatic carbocycles. The fourth-order valence-electron chi connectivity index (χ4n) is 2.97.